The molecule has 3 aromatic rings. The largest absolute Gasteiger partial charge is 0.479 e. The zero-order valence-corrected chi connectivity index (χ0v) is 43.0. The van der Waals surface area contributed by atoms with Crippen LogP contribution in [0.3, 0.4) is 0 Å². The summed E-state index contributed by atoms with van der Waals surface area (Å²) >= 11 is 0. The Morgan fingerprint density at radius 2 is 1.01 bits per heavy atom. The lowest BCUT2D eigenvalue weighted by molar-refractivity contribution is -0.142. The third kappa shape index (κ3) is 14.4. The molecular formula is C53H77N13O7. The number of anilines is 2. The Labute approximate surface area is 429 Å². The molecule has 0 unspecified atom stereocenters. The minimum Gasteiger partial charge on any atom is -0.479 e. The fourth-order valence-corrected chi connectivity index (χ4v) is 10.6. The van der Waals surface area contributed by atoms with E-state index in [4.69, 9.17) is 0 Å². The van der Waals surface area contributed by atoms with Crippen LogP contribution in [-0.2, 0) is 41.6 Å². The molecule has 9 N–H and O–H groups in total. The van der Waals surface area contributed by atoms with E-state index in [0.29, 0.717) is 90.4 Å². The molecule has 7 rings (SSSR count). The van der Waals surface area contributed by atoms with E-state index in [-0.39, 0.29) is 59.4 Å². The van der Waals surface area contributed by atoms with Crippen LogP contribution in [0.1, 0.15) is 138 Å². The summed E-state index contributed by atoms with van der Waals surface area (Å²) in [5.74, 6) is -1.22. The van der Waals surface area contributed by atoms with Crippen LogP contribution in [0.5, 0.6) is 6.01 Å². The molecule has 2 aromatic carbocycles. The molecule has 1 aromatic heterocycles. The highest BCUT2D eigenvalue weighted by Crippen LogP contribution is 2.32. The van der Waals surface area contributed by atoms with Gasteiger partial charge in [0, 0.05) is 26.2 Å². The maximum Gasteiger partial charge on any atom is 0.320 e. The maximum atomic E-state index is 14.2. The Bertz CT molecular complexity index is 2230. The number of fused-ring (bicyclic) bond motifs is 2. The van der Waals surface area contributed by atoms with Gasteiger partial charge in [0.15, 0.2) is 0 Å². The van der Waals surface area contributed by atoms with Crippen molar-refractivity contribution in [1.82, 2.24) is 56.7 Å². The van der Waals surface area contributed by atoms with E-state index in [1.54, 1.807) is 37.7 Å². The van der Waals surface area contributed by atoms with Crippen molar-refractivity contribution in [2.24, 2.45) is 0 Å². The highest BCUT2D eigenvalue weighted by atomic mass is 16.3. The quantitative estimate of drug-likeness (QED) is 0.0584. The molecule has 0 radical (unpaired) electrons. The van der Waals surface area contributed by atoms with Crippen LogP contribution in [0.4, 0.5) is 11.9 Å². The minimum atomic E-state index is -0.834. The highest BCUT2D eigenvalue weighted by Gasteiger charge is 2.40. The zero-order valence-electron chi connectivity index (χ0n) is 43.0. The molecule has 73 heavy (non-hydrogen) atoms. The summed E-state index contributed by atoms with van der Waals surface area (Å²) < 4.78 is 0. The second-order valence-corrected chi connectivity index (χ2v) is 20.0. The number of unbranched alkanes of at least 4 members (excludes halogenated alkanes) is 2. The summed E-state index contributed by atoms with van der Waals surface area (Å²) in [6, 6.07) is 11.7. The van der Waals surface area contributed by atoms with Gasteiger partial charge in [-0.2, -0.15) is 15.0 Å². The van der Waals surface area contributed by atoms with Crippen LogP contribution in [0.2, 0.25) is 0 Å². The number of hydrogen-bond donors (Lipinski definition) is 9. The van der Waals surface area contributed by atoms with Crippen LogP contribution in [0.15, 0.2) is 48.5 Å². The molecule has 2 saturated heterocycles. The first-order chi connectivity index (χ1) is 35.3. The number of likely N-dealkylation sites (tertiary alicyclic amines) is 2. The number of likely N-dealkylation sites (N-methyl/N-ethyl adjacent to an activating group) is 2. The Morgan fingerprint density at radius 1 is 0.589 bits per heavy atom. The SMILES string of the molecule is CN[C@@H](C)C(=O)N[C@@H](CCCCNc1nc(O)nc(NCCCC[C@H](NC(=O)[C@H](C)NC)C(=O)N2CCC[C@H]2C(=O)N[C@@H]2CCCc3ccccc32)n1)C(=O)N1CCC[C@H]1C(=O)N[C@@H]1CCCc2ccccc21. The average molecular weight is 1010 g/mol. The minimum absolute atomic E-state index is 0.105. The fourth-order valence-electron chi connectivity index (χ4n) is 10.6. The smallest absolute Gasteiger partial charge is 0.320 e. The van der Waals surface area contributed by atoms with Gasteiger partial charge in [0.25, 0.3) is 0 Å². The third-order valence-corrected chi connectivity index (χ3v) is 15.0. The van der Waals surface area contributed by atoms with Crippen LogP contribution >= 0.6 is 0 Å². The van der Waals surface area contributed by atoms with Crippen LogP contribution in [0, 0.1) is 0 Å². The van der Waals surface area contributed by atoms with Gasteiger partial charge in [-0.05, 0) is 153 Å². The van der Waals surface area contributed by atoms with E-state index < -0.39 is 42.3 Å². The van der Waals surface area contributed by atoms with Gasteiger partial charge in [0.05, 0.1) is 24.2 Å². The second-order valence-electron chi connectivity index (χ2n) is 20.0. The van der Waals surface area contributed by atoms with Crippen molar-refractivity contribution >= 4 is 47.3 Å². The van der Waals surface area contributed by atoms with Gasteiger partial charge >= 0.3 is 6.01 Å². The molecular weight excluding hydrogens is 931 g/mol. The Balaban J connectivity index is 0.881. The first-order valence-electron chi connectivity index (χ1n) is 26.6. The molecule has 396 valence electrons. The lowest BCUT2D eigenvalue weighted by Gasteiger charge is -2.32. The zero-order chi connectivity index (χ0) is 51.9. The van der Waals surface area contributed by atoms with Crippen molar-refractivity contribution in [3.63, 3.8) is 0 Å². The number of carbonyl (C=O) groups excluding carboxylic acids is 6. The number of rotatable bonds is 24. The predicted octanol–water partition coefficient (Wildman–Crippen LogP) is 3.30. The topological polar surface area (TPSA) is 264 Å². The summed E-state index contributed by atoms with van der Waals surface area (Å²) in [6.07, 6.45) is 11.0. The Kier molecular flexibility index (Phi) is 19.7. The normalized spacial score (nSPS) is 20.9. The van der Waals surface area contributed by atoms with Gasteiger partial charge in [-0.25, -0.2) is 0 Å². The molecule has 6 amide bonds. The number of aryl methyl sites for hydroxylation is 2. The van der Waals surface area contributed by atoms with Gasteiger partial charge in [-0.15, -0.1) is 0 Å². The number of hydrogen-bond acceptors (Lipinski definition) is 14. The lowest BCUT2D eigenvalue weighted by Crippen LogP contribution is -2.55. The molecule has 0 spiro atoms. The first-order valence-corrected chi connectivity index (χ1v) is 26.6. The number of nitrogens with zero attached hydrogens (tertiary/aromatic N) is 5. The molecule has 2 aliphatic heterocycles. The fraction of sp³-hybridized carbons (Fsp3) is 0.604. The third-order valence-electron chi connectivity index (χ3n) is 15.0. The van der Waals surface area contributed by atoms with Crippen molar-refractivity contribution in [3.05, 3.63) is 70.8 Å². The molecule has 0 saturated carbocycles. The monoisotopic (exact) mass is 1010 g/mol. The second kappa shape index (κ2) is 26.5. The van der Waals surface area contributed by atoms with Crippen LogP contribution in [0.25, 0.3) is 0 Å². The number of carbonyl (C=O) groups is 6. The molecule has 0 bridgehead atoms. The molecule has 2 fully saturated rings. The molecule has 2 aliphatic carbocycles. The van der Waals surface area contributed by atoms with Gasteiger partial charge in [-0.1, -0.05) is 48.5 Å². The number of benzene rings is 2. The summed E-state index contributed by atoms with van der Waals surface area (Å²) in [5, 5.41) is 34.8. The Morgan fingerprint density at radius 3 is 1.44 bits per heavy atom. The summed E-state index contributed by atoms with van der Waals surface area (Å²) in [6.45, 7) is 5.09. The van der Waals surface area contributed by atoms with E-state index in [0.717, 1.165) is 49.7 Å². The van der Waals surface area contributed by atoms with Crippen LogP contribution < -0.4 is 42.5 Å². The van der Waals surface area contributed by atoms with E-state index in [1.165, 1.54) is 11.1 Å². The molecule has 20 heteroatoms. The first kappa shape index (κ1) is 54.4. The summed E-state index contributed by atoms with van der Waals surface area (Å²) in [4.78, 5) is 97.8. The van der Waals surface area contributed by atoms with Crippen LogP contribution in [-0.4, -0.2) is 142 Å². The number of aromatic hydroxyl groups is 1. The summed E-state index contributed by atoms with van der Waals surface area (Å²) in [5.41, 5.74) is 4.74. The molecule has 4 aliphatic rings. The van der Waals surface area contributed by atoms with Gasteiger partial charge in [-0.3, -0.25) is 28.8 Å². The maximum absolute atomic E-state index is 14.2. The average Bonchev–Trinajstić information content (AvgIpc) is 4.11. The van der Waals surface area contributed by atoms with Gasteiger partial charge in [0.1, 0.15) is 24.2 Å². The molecule has 3 heterocycles. The van der Waals surface area contributed by atoms with E-state index in [9.17, 15) is 33.9 Å². The van der Waals surface area contributed by atoms with Crippen molar-refractivity contribution in [1.29, 1.82) is 0 Å². The van der Waals surface area contributed by atoms with Crippen molar-refractivity contribution in [3.8, 4) is 6.01 Å². The standard InChI is InChI=1S/C53H77N13O7/c1-33(54-3)45(67)60-41(49(71)65-31-15-27-43(65)47(69)58-39-25-13-19-35-17-5-7-21-37(35)39)23-9-11-29-56-51-62-52(64-53(73)63-51)57-30-12-10-24-42(61-46(68)34(2)55-4)50(72)66-32-16-28-44(66)48(70)59-40-26-14-20-36-18-6-8-22-38(36)40/h5-8,17-18,21-22,33-34,39-44,54-55H,9-16,19-20,23-32H2,1-4H3,(H,58,69)(H,59,70)(H,60,67)(H,61,68)(H3,56,57,62,63,64,73)/t33-,34-,39+,40+,41-,42-,43-,44-/m0/s1. The van der Waals surface area contributed by atoms with E-state index >= 15 is 0 Å². The Hall–Kier alpha value is -6.41. The summed E-state index contributed by atoms with van der Waals surface area (Å²) in [7, 11) is 3.36. The van der Waals surface area contributed by atoms with Crippen molar-refractivity contribution in [2.45, 2.75) is 165 Å². The number of amides is 6. The van der Waals surface area contributed by atoms with Gasteiger partial charge < -0.3 is 57.4 Å². The van der Waals surface area contributed by atoms with Crippen molar-refractivity contribution < 1.29 is 33.9 Å². The highest BCUT2D eigenvalue weighted by molar-refractivity contribution is 5.94. The predicted molar refractivity (Wildman–Crippen MR) is 277 cm³/mol. The van der Waals surface area contributed by atoms with E-state index in [1.807, 2.05) is 24.3 Å². The lowest BCUT2D eigenvalue weighted by atomic mass is 9.87. The number of aromatic nitrogens is 3. The van der Waals surface area contributed by atoms with E-state index in [2.05, 4.69) is 81.8 Å². The van der Waals surface area contributed by atoms with Crippen molar-refractivity contribution in [2.75, 3.05) is 50.9 Å². The number of nitrogens with one attached hydrogen (secondary N) is 8. The molecule has 20 nitrogen and oxygen atoms in total. The molecule has 8 atom stereocenters. The van der Waals surface area contributed by atoms with Gasteiger partial charge in [0.2, 0.25) is 47.3 Å².